The molecule has 0 unspecified atom stereocenters. The van der Waals surface area contributed by atoms with Crippen LogP contribution in [0.4, 0.5) is 0 Å². The lowest BCUT2D eigenvalue weighted by Gasteiger charge is -2.12. The molecular weight excluding hydrogens is 354 g/mol. The Morgan fingerprint density at radius 3 is 2.62 bits per heavy atom. The minimum absolute atomic E-state index is 0.0405. The van der Waals surface area contributed by atoms with Crippen molar-refractivity contribution in [1.82, 2.24) is 5.32 Å². The zero-order chi connectivity index (χ0) is 18.5. The summed E-state index contributed by atoms with van der Waals surface area (Å²) in [6.45, 7) is 5.45. The Labute approximate surface area is 158 Å². The third-order valence-electron chi connectivity index (χ3n) is 3.92. The summed E-state index contributed by atoms with van der Waals surface area (Å²) >= 11 is 6.26. The number of fused-ring (bicyclic) bond motifs is 1. The molecule has 1 aliphatic heterocycles. The molecular formula is C20H22ClNO4. The maximum absolute atomic E-state index is 12.1. The van der Waals surface area contributed by atoms with Gasteiger partial charge in [-0.1, -0.05) is 17.7 Å². The van der Waals surface area contributed by atoms with Crippen LogP contribution in [0, 0.1) is 13.8 Å². The van der Waals surface area contributed by atoms with Gasteiger partial charge >= 0.3 is 0 Å². The van der Waals surface area contributed by atoms with Gasteiger partial charge in [-0.25, -0.2) is 0 Å². The number of carbonyl (C=O) groups excluding carboxylic acids is 1. The number of ether oxygens (including phenoxy) is 3. The second-order valence-electron chi connectivity index (χ2n) is 6.34. The number of rotatable bonds is 5. The van der Waals surface area contributed by atoms with Gasteiger partial charge < -0.3 is 19.5 Å². The van der Waals surface area contributed by atoms with E-state index in [-0.39, 0.29) is 12.5 Å². The molecule has 2 aromatic rings. The first-order valence-electron chi connectivity index (χ1n) is 8.57. The van der Waals surface area contributed by atoms with Gasteiger partial charge in [0.2, 0.25) is 0 Å². The van der Waals surface area contributed by atoms with Crippen molar-refractivity contribution in [2.45, 2.75) is 26.8 Å². The molecule has 0 aromatic heterocycles. The van der Waals surface area contributed by atoms with E-state index >= 15 is 0 Å². The van der Waals surface area contributed by atoms with Gasteiger partial charge in [0, 0.05) is 13.0 Å². The van der Waals surface area contributed by atoms with Gasteiger partial charge in [0.1, 0.15) is 5.75 Å². The first kappa shape index (κ1) is 18.4. The summed E-state index contributed by atoms with van der Waals surface area (Å²) in [6, 6.07) is 9.49. The molecule has 0 saturated heterocycles. The Balaban J connectivity index is 1.56. The Hall–Kier alpha value is -2.40. The number of aryl methyl sites for hydroxylation is 2. The minimum atomic E-state index is -0.201. The summed E-state index contributed by atoms with van der Waals surface area (Å²) in [6.07, 6.45) is 0.812. The molecule has 0 aliphatic carbocycles. The topological polar surface area (TPSA) is 56.8 Å². The standard InChI is InChI=1S/C20H22ClNO4/c1-13-6-14(2)8-16(7-13)26-12-19(23)22-11-15-9-17(21)20-18(10-15)24-4-3-5-25-20/h6-10H,3-5,11-12H2,1-2H3,(H,22,23). The molecule has 1 N–H and O–H groups in total. The van der Waals surface area contributed by atoms with Crippen molar-refractivity contribution in [3.8, 4) is 17.2 Å². The molecule has 0 bridgehead atoms. The normalized spacial score (nSPS) is 13.0. The summed E-state index contributed by atoms with van der Waals surface area (Å²) in [7, 11) is 0. The first-order valence-corrected chi connectivity index (χ1v) is 8.95. The fourth-order valence-corrected chi connectivity index (χ4v) is 3.09. The van der Waals surface area contributed by atoms with Gasteiger partial charge in [-0.05, 0) is 54.8 Å². The van der Waals surface area contributed by atoms with Crippen LogP contribution >= 0.6 is 11.6 Å². The summed E-state index contributed by atoms with van der Waals surface area (Å²) < 4.78 is 16.8. The predicted molar refractivity (Wildman–Crippen MR) is 100 cm³/mol. The maximum atomic E-state index is 12.1. The lowest BCUT2D eigenvalue weighted by molar-refractivity contribution is -0.123. The Kier molecular flexibility index (Phi) is 5.89. The zero-order valence-corrected chi connectivity index (χ0v) is 15.7. The third-order valence-corrected chi connectivity index (χ3v) is 4.20. The summed E-state index contributed by atoms with van der Waals surface area (Å²) in [5.41, 5.74) is 3.04. The van der Waals surface area contributed by atoms with E-state index in [0.717, 1.165) is 23.1 Å². The lowest BCUT2D eigenvalue weighted by Crippen LogP contribution is -2.28. The van der Waals surface area contributed by atoms with Crippen molar-refractivity contribution in [3.63, 3.8) is 0 Å². The summed E-state index contributed by atoms with van der Waals surface area (Å²) in [5, 5.41) is 3.32. The average molecular weight is 376 g/mol. The van der Waals surface area contributed by atoms with Crippen molar-refractivity contribution in [3.05, 3.63) is 52.0 Å². The predicted octanol–water partition coefficient (Wildman–Crippen LogP) is 3.81. The minimum Gasteiger partial charge on any atom is -0.489 e. The van der Waals surface area contributed by atoms with Crippen LogP contribution in [0.3, 0.4) is 0 Å². The van der Waals surface area contributed by atoms with Crippen molar-refractivity contribution in [2.24, 2.45) is 0 Å². The molecule has 3 rings (SSSR count). The van der Waals surface area contributed by atoms with Gasteiger partial charge in [-0.3, -0.25) is 4.79 Å². The number of nitrogens with one attached hydrogen (secondary N) is 1. The van der Waals surface area contributed by atoms with Crippen LogP contribution in [0.2, 0.25) is 5.02 Å². The third kappa shape index (κ3) is 4.82. The van der Waals surface area contributed by atoms with Gasteiger partial charge in [0.25, 0.3) is 5.91 Å². The molecule has 0 spiro atoms. The molecule has 0 fully saturated rings. The van der Waals surface area contributed by atoms with Crippen molar-refractivity contribution >= 4 is 17.5 Å². The smallest absolute Gasteiger partial charge is 0.258 e. The number of hydrogen-bond acceptors (Lipinski definition) is 4. The molecule has 1 heterocycles. The molecule has 0 saturated carbocycles. The Bertz CT molecular complexity index is 786. The summed E-state index contributed by atoms with van der Waals surface area (Å²) in [5.74, 6) is 1.67. The SMILES string of the molecule is Cc1cc(C)cc(OCC(=O)NCc2cc(Cl)c3c(c2)OCCCO3)c1. The lowest BCUT2D eigenvalue weighted by atomic mass is 10.1. The molecule has 0 atom stereocenters. The first-order chi connectivity index (χ1) is 12.5. The van der Waals surface area contributed by atoms with Gasteiger partial charge in [0.05, 0.1) is 18.2 Å². The van der Waals surface area contributed by atoms with Crippen LogP contribution in [0.25, 0.3) is 0 Å². The zero-order valence-electron chi connectivity index (χ0n) is 14.9. The fourth-order valence-electron chi connectivity index (χ4n) is 2.80. The van der Waals surface area contributed by atoms with Crippen LogP contribution in [0.15, 0.2) is 30.3 Å². The average Bonchev–Trinajstić information content (AvgIpc) is 2.83. The molecule has 6 heteroatoms. The van der Waals surface area contributed by atoms with Crippen LogP contribution in [0.1, 0.15) is 23.1 Å². The number of hydrogen-bond donors (Lipinski definition) is 1. The molecule has 26 heavy (non-hydrogen) atoms. The second kappa shape index (κ2) is 8.32. The second-order valence-corrected chi connectivity index (χ2v) is 6.75. The summed E-state index contributed by atoms with van der Waals surface area (Å²) in [4.78, 5) is 12.1. The molecule has 0 radical (unpaired) electrons. The highest BCUT2D eigenvalue weighted by Gasteiger charge is 2.16. The van der Waals surface area contributed by atoms with Crippen LogP contribution < -0.4 is 19.5 Å². The van der Waals surface area contributed by atoms with Crippen LogP contribution in [-0.2, 0) is 11.3 Å². The number of carbonyl (C=O) groups is 1. The van der Waals surface area contributed by atoms with Crippen molar-refractivity contribution in [2.75, 3.05) is 19.8 Å². The number of amides is 1. The van der Waals surface area contributed by atoms with Gasteiger partial charge in [-0.15, -0.1) is 0 Å². The quantitative estimate of drug-likeness (QED) is 0.863. The van der Waals surface area contributed by atoms with E-state index in [0.29, 0.717) is 42.0 Å². The highest BCUT2D eigenvalue weighted by atomic mass is 35.5. The van der Waals surface area contributed by atoms with Crippen molar-refractivity contribution < 1.29 is 19.0 Å². The van der Waals surface area contributed by atoms with E-state index < -0.39 is 0 Å². The van der Waals surface area contributed by atoms with Crippen LogP contribution in [0.5, 0.6) is 17.2 Å². The van der Waals surface area contributed by atoms with E-state index in [1.54, 1.807) is 6.07 Å². The maximum Gasteiger partial charge on any atom is 0.258 e. The fraction of sp³-hybridized carbons (Fsp3) is 0.350. The van der Waals surface area contributed by atoms with E-state index in [9.17, 15) is 4.79 Å². The largest absolute Gasteiger partial charge is 0.489 e. The molecule has 2 aromatic carbocycles. The van der Waals surface area contributed by atoms with E-state index in [2.05, 4.69) is 11.4 Å². The number of benzene rings is 2. The molecule has 1 amide bonds. The van der Waals surface area contributed by atoms with Crippen molar-refractivity contribution in [1.29, 1.82) is 0 Å². The van der Waals surface area contributed by atoms with Crippen LogP contribution in [-0.4, -0.2) is 25.7 Å². The van der Waals surface area contributed by atoms with E-state index in [1.807, 2.05) is 32.0 Å². The molecule has 1 aliphatic rings. The Morgan fingerprint density at radius 2 is 1.85 bits per heavy atom. The number of halogens is 1. The van der Waals surface area contributed by atoms with Gasteiger partial charge in [-0.2, -0.15) is 0 Å². The van der Waals surface area contributed by atoms with E-state index in [1.165, 1.54) is 0 Å². The highest BCUT2D eigenvalue weighted by molar-refractivity contribution is 6.32. The van der Waals surface area contributed by atoms with E-state index in [4.69, 9.17) is 25.8 Å². The Morgan fingerprint density at radius 1 is 1.12 bits per heavy atom. The molecule has 5 nitrogen and oxygen atoms in total. The monoisotopic (exact) mass is 375 g/mol. The highest BCUT2D eigenvalue weighted by Crippen LogP contribution is 2.37. The molecule has 138 valence electrons. The van der Waals surface area contributed by atoms with Gasteiger partial charge in [0.15, 0.2) is 18.1 Å².